The van der Waals surface area contributed by atoms with Crippen molar-refractivity contribution >= 4 is 11.6 Å². The average Bonchev–Trinajstić information content (AvgIpc) is 2.35. The lowest BCUT2D eigenvalue weighted by atomic mass is 10.00. The molecule has 102 valence electrons. The van der Waals surface area contributed by atoms with Crippen LogP contribution in [0.1, 0.15) is 38.6 Å². The molecule has 1 rings (SSSR count). The van der Waals surface area contributed by atoms with E-state index in [9.17, 15) is 5.11 Å². The number of nitrogens with zero attached hydrogens (tertiary/aromatic N) is 2. The van der Waals surface area contributed by atoms with Gasteiger partial charge in [-0.1, -0.05) is 6.92 Å². The first-order valence-corrected chi connectivity index (χ1v) is 6.44. The molecule has 0 bridgehead atoms. The number of aliphatic hydroxyl groups excluding tert-OH is 1. The fourth-order valence-electron chi connectivity index (χ4n) is 1.62. The van der Waals surface area contributed by atoms with Crippen LogP contribution in [0.5, 0.6) is 0 Å². The zero-order chi connectivity index (χ0) is 13.8. The second-order valence-electron chi connectivity index (χ2n) is 4.82. The van der Waals surface area contributed by atoms with Gasteiger partial charge in [-0.05, 0) is 34.1 Å². The van der Waals surface area contributed by atoms with Gasteiger partial charge in [-0.2, -0.15) is 0 Å². The van der Waals surface area contributed by atoms with Crippen molar-refractivity contribution < 1.29 is 5.11 Å². The molecular weight excluding hydrogens is 228 g/mol. The largest absolute Gasteiger partial charge is 0.394 e. The minimum absolute atomic E-state index is 0.0720. The molecule has 1 unspecified atom stereocenters. The van der Waals surface area contributed by atoms with E-state index in [-0.39, 0.29) is 12.1 Å². The van der Waals surface area contributed by atoms with Gasteiger partial charge >= 0.3 is 0 Å². The molecule has 0 saturated heterocycles. The molecule has 1 heterocycles. The van der Waals surface area contributed by atoms with Gasteiger partial charge in [0.05, 0.1) is 12.1 Å². The summed E-state index contributed by atoms with van der Waals surface area (Å²) in [7, 11) is 0. The van der Waals surface area contributed by atoms with Gasteiger partial charge in [0.2, 0.25) is 0 Å². The van der Waals surface area contributed by atoms with Crippen molar-refractivity contribution in [2.45, 2.75) is 46.6 Å². The van der Waals surface area contributed by atoms with Gasteiger partial charge in [-0.25, -0.2) is 9.97 Å². The number of nitrogens with one attached hydrogen (secondary N) is 2. The average molecular weight is 252 g/mol. The Morgan fingerprint density at radius 1 is 1.17 bits per heavy atom. The molecule has 0 aliphatic rings. The van der Waals surface area contributed by atoms with Crippen LogP contribution in [0.25, 0.3) is 0 Å². The zero-order valence-electron chi connectivity index (χ0n) is 12.0. The van der Waals surface area contributed by atoms with Gasteiger partial charge < -0.3 is 15.7 Å². The number of aryl methyl sites for hydroxylation is 1. The highest BCUT2D eigenvalue weighted by molar-refractivity contribution is 5.58. The van der Waals surface area contributed by atoms with E-state index >= 15 is 0 Å². The van der Waals surface area contributed by atoms with Crippen molar-refractivity contribution in [1.82, 2.24) is 9.97 Å². The molecule has 0 fully saturated rings. The maximum absolute atomic E-state index is 9.46. The van der Waals surface area contributed by atoms with E-state index in [1.165, 1.54) is 0 Å². The summed E-state index contributed by atoms with van der Waals surface area (Å²) in [6.45, 7) is 10.8. The van der Waals surface area contributed by atoms with Crippen LogP contribution in [0.2, 0.25) is 0 Å². The molecular formula is C13H24N4O. The standard InChI is InChI=1S/C13H24N4O/c1-6-13(5,8-18)17-12-9(3)11(14-7-2)15-10(4)16-12/h18H,6-8H2,1-5H3,(H2,14,15,16,17). The van der Waals surface area contributed by atoms with Crippen LogP contribution in [0, 0.1) is 13.8 Å². The number of aliphatic hydroxyl groups is 1. The molecule has 3 N–H and O–H groups in total. The lowest BCUT2D eigenvalue weighted by Gasteiger charge is -2.29. The third-order valence-electron chi connectivity index (χ3n) is 3.15. The Morgan fingerprint density at radius 2 is 1.78 bits per heavy atom. The van der Waals surface area contributed by atoms with Crippen LogP contribution in [-0.4, -0.2) is 33.8 Å². The first-order chi connectivity index (χ1) is 8.45. The van der Waals surface area contributed by atoms with E-state index in [1.807, 2.05) is 34.6 Å². The van der Waals surface area contributed by atoms with E-state index in [1.54, 1.807) is 0 Å². The summed E-state index contributed by atoms with van der Waals surface area (Å²) in [4.78, 5) is 8.80. The van der Waals surface area contributed by atoms with Crippen molar-refractivity contribution in [3.63, 3.8) is 0 Å². The Balaban J connectivity index is 3.08. The summed E-state index contributed by atoms with van der Waals surface area (Å²) in [5.41, 5.74) is 0.630. The SMILES string of the molecule is CCNc1nc(C)nc(NC(C)(CC)CO)c1C. The summed E-state index contributed by atoms with van der Waals surface area (Å²) in [6, 6.07) is 0. The van der Waals surface area contributed by atoms with Crippen molar-refractivity contribution in [3.05, 3.63) is 11.4 Å². The summed E-state index contributed by atoms with van der Waals surface area (Å²) in [6.07, 6.45) is 0.822. The van der Waals surface area contributed by atoms with Crippen molar-refractivity contribution in [2.75, 3.05) is 23.8 Å². The van der Waals surface area contributed by atoms with E-state index in [0.717, 1.165) is 36.0 Å². The minimum Gasteiger partial charge on any atom is -0.394 e. The molecule has 0 amide bonds. The molecule has 0 spiro atoms. The highest BCUT2D eigenvalue weighted by atomic mass is 16.3. The first-order valence-electron chi connectivity index (χ1n) is 6.44. The van der Waals surface area contributed by atoms with Crippen LogP contribution < -0.4 is 10.6 Å². The van der Waals surface area contributed by atoms with Crippen LogP contribution in [-0.2, 0) is 0 Å². The second-order valence-corrected chi connectivity index (χ2v) is 4.82. The monoisotopic (exact) mass is 252 g/mol. The van der Waals surface area contributed by atoms with E-state index in [2.05, 4.69) is 20.6 Å². The summed E-state index contributed by atoms with van der Waals surface area (Å²) < 4.78 is 0. The molecule has 18 heavy (non-hydrogen) atoms. The molecule has 0 aliphatic heterocycles. The topological polar surface area (TPSA) is 70.1 Å². The van der Waals surface area contributed by atoms with Crippen molar-refractivity contribution in [1.29, 1.82) is 0 Å². The normalized spacial score (nSPS) is 14.1. The number of hydrogen-bond acceptors (Lipinski definition) is 5. The van der Waals surface area contributed by atoms with Crippen LogP contribution in [0.3, 0.4) is 0 Å². The Labute approximate surface area is 109 Å². The Hall–Kier alpha value is -1.36. The summed E-state index contributed by atoms with van der Waals surface area (Å²) >= 11 is 0. The smallest absolute Gasteiger partial charge is 0.135 e. The van der Waals surface area contributed by atoms with E-state index < -0.39 is 0 Å². The Morgan fingerprint density at radius 3 is 2.28 bits per heavy atom. The Bertz CT molecular complexity index is 402. The van der Waals surface area contributed by atoms with Crippen LogP contribution in [0.15, 0.2) is 0 Å². The molecule has 1 atom stereocenters. The number of rotatable bonds is 6. The van der Waals surface area contributed by atoms with Crippen molar-refractivity contribution in [2.24, 2.45) is 0 Å². The lowest BCUT2D eigenvalue weighted by molar-refractivity contribution is 0.218. The highest BCUT2D eigenvalue weighted by Crippen LogP contribution is 2.24. The summed E-state index contributed by atoms with van der Waals surface area (Å²) in [5.74, 6) is 2.36. The third kappa shape index (κ3) is 3.32. The Kier molecular flexibility index (Phi) is 4.90. The fraction of sp³-hybridized carbons (Fsp3) is 0.692. The second kappa shape index (κ2) is 6.00. The maximum atomic E-state index is 9.46. The number of aromatic nitrogens is 2. The molecule has 0 aliphatic carbocycles. The maximum Gasteiger partial charge on any atom is 0.135 e. The molecule has 5 heteroatoms. The molecule has 0 saturated carbocycles. The van der Waals surface area contributed by atoms with Gasteiger partial charge in [0, 0.05) is 12.1 Å². The quantitative estimate of drug-likeness (QED) is 0.723. The van der Waals surface area contributed by atoms with Gasteiger partial charge in [0.15, 0.2) is 0 Å². The number of hydrogen-bond donors (Lipinski definition) is 3. The summed E-state index contributed by atoms with van der Waals surface area (Å²) in [5, 5.41) is 16.0. The first kappa shape index (κ1) is 14.7. The van der Waals surface area contributed by atoms with E-state index in [0.29, 0.717) is 0 Å². The predicted molar refractivity (Wildman–Crippen MR) is 75.1 cm³/mol. The van der Waals surface area contributed by atoms with E-state index in [4.69, 9.17) is 0 Å². The predicted octanol–water partition coefficient (Wildman–Crippen LogP) is 2.10. The van der Waals surface area contributed by atoms with Crippen molar-refractivity contribution in [3.8, 4) is 0 Å². The zero-order valence-corrected chi connectivity index (χ0v) is 12.0. The fourth-order valence-corrected chi connectivity index (χ4v) is 1.62. The molecule has 0 aromatic carbocycles. The molecule has 5 nitrogen and oxygen atoms in total. The highest BCUT2D eigenvalue weighted by Gasteiger charge is 2.22. The molecule has 1 aromatic rings. The molecule has 1 aromatic heterocycles. The number of anilines is 2. The lowest BCUT2D eigenvalue weighted by Crippen LogP contribution is -2.38. The van der Waals surface area contributed by atoms with Gasteiger partial charge in [-0.3, -0.25) is 0 Å². The van der Waals surface area contributed by atoms with Crippen LogP contribution in [0.4, 0.5) is 11.6 Å². The van der Waals surface area contributed by atoms with Gasteiger partial charge in [0.25, 0.3) is 0 Å². The molecule has 0 radical (unpaired) electrons. The third-order valence-corrected chi connectivity index (χ3v) is 3.15. The van der Waals surface area contributed by atoms with Gasteiger partial charge in [0.1, 0.15) is 17.5 Å². The minimum atomic E-state index is -0.352. The van der Waals surface area contributed by atoms with Gasteiger partial charge in [-0.15, -0.1) is 0 Å². The van der Waals surface area contributed by atoms with Crippen LogP contribution >= 0.6 is 0 Å².